The number of amides is 2. The van der Waals surface area contributed by atoms with Crippen LogP contribution in [-0.4, -0.2) is 35.5 Å². The Morgan fingerprint density at radius 1 is 1.00 bits per heavy atom. The third-order valence-corrected chi connectivity index (χ3v) is 6.90. The average Bonchev–Trinajstić information content (AvgIpc) is 2.55. The van der Waals surface area contributed by atoms with Gasteiger partial charge in [0.1, 0.15) is 6.04 Å². The molecule has 152 valence electrons. The standard InChI is InChI=1S/C21H34N2O4/c1-12(2)18(19(26)22-11-13(3)4-17(24)25)23-20(27)21-8-14-5-15(9-21)7-16(6-14)10-21/h12-16,18H,4-11H2,1-3H3,(H,22,26)(H,23,27)(H,24,25). The molecule has 4 bridgehead atoms. The number of rotatable bonds is 8. The molecule has 6 heteroatoms. The Morgan fingerprint density at radius 3 is 1.96 bits per heavy atom. The summed E-state index contributed by atoms with van der Waals surface area (Å²) in [5, 5.41) is 14.7. The zero-order valence-electron chi connectivity index (χ0n) is 16.8. The smallest absolute Gasteiger partial charge is 0.303 e. The van der Waals surface area contributed by atoms with Crippen LogP contribution in [0.15, 0.2) is 0 Å². The molecule has 3 N–H and O–H groups in total. The Balaban J connectivity index is 1.60. The fourth-order valence-corrected chi connectivity index (χ4v) is 5.97. The van der Waals surface area contributed by atoms with Crippen molar-refractivity contribution >= 4 is 17.8 Å². The van der Waals surface area contributed by atoms with Gasteiger partial charge in [-0.05, 0) is 68.1 Å². The molecule has 0 radical (unpaired) electrons. The number of nitrogens with one attached hydrogen (secondary N) is 2. The third kappa shape index (κ3) is 4.46. The molecule has 0 spiro atoms. The molecule has 4 aliphatic rings. The summed E-state index contributed by atoms with van der Waals surface area (Å²) in [4.78, 5) is 36.7. The lowest BCUT2D eigenvalue weighted by molar-refractivity contribution is -0.149. The van der Waals surface area contributed by atoms with Gasteiger partial charge in [-0.15, -0.1) is 0 Å². The fraction of sp³-hybridized carbons (Fsp3) is 0.857. The van der Waals surface area contributed by atoms with Crippen molar-refractivity contribution in [1.29, 1.82) is 0 Å². The van der Waals surface area contributed by atoms with Crippen molar-refractivity contribution in [2.75, 3.05) is 6.54 Å². The van der Waals surface area contributed by atoms with Gasteiger partial charge < -0.3 is 15.7 Å². The molecule has 0 heterocycles. The summed E-state index contributed by atoms with van der Waals surface area (Å²) in [5.74, 6) is 0.887. The lowest BCUT2D eigenvalue weighted by Gasteiger charge is -2.55. The second-order valence-corrected chi connectivity index (χ2v) is 9.84. The van der Waals surface area contributed by atoms with Gasteiger partial charge in [0.25, 0.3) is 0 Å². The molecule has 2 amide bonds. The van der Waals surface area contributed by atoms with Gasteiger partial charge in [0.15, 0.2) is 0 Å². The fourth-order valence-electron chi connectivity index (χ4n) is 5.97. The highest BCUT2D eigenvalue weighted by Gasteiger charge is 2.55. The van der Waals surface area contributed by atoms with Gasteiger partial charge in [-0.25, -0.2) is 0 Å². The van der Waals surface area contributed by atoms with E-state index in [9.17, 15) is 14.4 Å². The number of hydrogen-bond donors (Lipinski definition) is 3. The summed E-state index contributed by atoms with van der Waals surface area (Å²) >= 11 is 0. The first kappa shape index (κ1) is 20.2. The quantitative estimate of drug-likeness (QED) is 0.605. The normalized spacial score (nSPS) is 33.6. The highest BCUT2D eigenvalue weighted by Crippen LogP contribution is 2.60. The first-order valence-electron chi connectivity index (χ1n) is 10.5. The molecular weight excluding hydrogens is 344 g/mol. The molecule has 4 fully saturated rings. The number of carbonyl (C=O) groups is 3. The second kappa shape index (κ2) is 7.80. The van der Waals surface area contributed by atoms with Gasteiger partial charge in [0.05, 0.1) is 0 Å². The lowest BCUT2D eigenvalue weighted by Crippen LogP contribution is -2.58. The van der Waals surface area contributed by atoms with Crippen molar-refractivity contribution in [3.63, 3.8) is 0 Å². The Kier molecular flexibility index (Phi) is 5.82. The molecule has 0 aromatic heterocycles. The third-order valence-electron chi connectivity index (χ3n) is 6.90. The summed E-state index contributed by atoms with van der Waals surface area (Å²) in [5.41, 5.74) is -0.265. The van der Waals surface area contributed by atoms with Crippen molar-refractivity contribution in [2.45, 2.75) is 71.8 Å². The molecule has 0 aliphatic heterocycles. The number of aliphatic carboxylic acids is 1. The maximum atomic E-state index is 13.2. The van der Waals surface area contributed by atoms with Crippen LogP contribution in [0.1, 0.15) is 65.7 Å². The molecule has 6 nitrogen and oxygen atoms in total. The highest BCUT2D eigenvalue weighted by molar-refractivity contribution is 5.90. The molecular formula is C21H34N2O4. The molecule has 2 atom stereocenters. The first-order valence-corrected chi connectivity index (χ1v) is 10.5. The van der Waals surface area contributed by atoms with Crippen LogP contribution in [0.5, 0.6) is 0 Å². The zero-order valence-corrected chi connectivity index (χ0v) is 16.8. The van der Waals surface area contributed by atoms with Crippen molar-refractivity contribution < 1.29 is 19.5 Å². The Hall–Kier alpha value is -1.59. The minimum atomic E-state index is -0.868. The predicted molar refractivity (Wildman–Crippen MR) is 102 cm³/mol. The topological polar surface area (TPSA) is 95.5 Å². The van der Waals surface area contributed by atoms with E-state index >= 15 is 0 Å². The van der Waals surface area contributed by atoms with E-state index in [1.54, 1.807) is 6.92 Å². The van der Waals surface area contributed by atoms with E-state index in [-0.39, 0.29) is 35.5 Å². The Labute approximate surface area is 161 Å². The maximum absolute atomic E-state index is 13.2. The minimum absolute atomic E-state index is 0.0161. The van der Waals surface area contributed by atoms with Crippen molar-refractivity contribution in [1.82, 2.24) is 10.6 Å². The monoisotopic (exact) mass is 378 g/mol. The van der Waals surface area contributed by atoms with E-state index in [0.29, 0.717) is 24.3 Å². The van der Waals surface area contributed by atoms with Crippen LogP contribution in [0.2, 0.25) is 0 Å². The predicted octanol–water partition coefficient (Wildman–Crippen LogP) is 2.57. The van der Waals surface area contributed by atoms with Gasteiger partial charge in [-0.2, -0.15) is 0 Å². The van der Waals surface area contributed by atoms with E-state index in [1.807, 2.05) is 13.8 Å². The van der Waals surface area contributed by atoms with Crippen LogP contribution in [-0.2, 0) is 14.4 Å². The molecule has 27 heavy (non-hydrogen) atoms. The van der Waals surface area contributed by atoms with E-state index < -0.39 is 12.0 Å². The molecule has 0 aromatic carbocycles. The van der Waals surface area contributed by atoms with Crippen LogP contribution in [0.25, 0.3) is 0 Å². The highest BCUT2D eigenvalue weighted by atomic mass is 16.4. The summed E-state index contributed by atoms with van der Waals surface area (Å²) < 4.78 is 0. The van der Waals surface area contributed by atoms with Crippen molar-refractivity contribution in [3.05, 3.63) is 0 Å². The second-order valence-electron chi connectivity index (χ2n) is 9.84. The number of hydrogen-bond acceptors (Lipinski definition) is 3. The molecule has 4 saturated carbocycles. The van der Waals surface area contributed by atoms with Gasteiger partial charge in [0.2, 0.25) is 11.8 Å². The first-order chi connectivity index (χ1) is 12.7. The van der Waals surface area contributed by atoms with E-state index in [1.165, 1.54) is 19.3 Å². The van der Waals surface area contributed by atoms with Crippen molar-refractivity contribution in [2.24, 2.45) is 35.0 Å². The summed E-state index contributed by atoms with van der Waals surface area (Å²) in [6.07, 6.45) is 6.80. The Morgan fingerprint density at radius 2 is 1.52 bits per heavy atom. The van der Waals surface area contributed by atoms with E-state index in [2.05, 4.69) is 10.6 Å². The molecule has 4 rings (SSSR count). The van der Waals surface area contributed by atoms with Crippen LogP contribution in [0, 0.1) is 35.0 Å². The summed E-state index contributed by atoms with van der Waals surface area (Å²) in [7, 11) is 0. The van der Waals surface area contributed by atoms with Crippen molar-refractivity contribution in [3.8, 4) is 0 Å². The van der Waals surface area contributed by atoms with Gasteiger partial charge in [-0.3, -0.25) is 14.4 Å². The number of carbonyl (C=O) groups excluding carboxylic acids is 2. The van der Waals surface area contributed by atoms with E-state index in [0.717, 1.165) is 19.3 Å². The van der Waals surface area contributed by atoms with Crippen LogP contribution < -0.4 is 10.6 Å². The molecule has 2 unspecified atom stereocenters. The summed E-state index contributed by atoms with van der Waals surface area (Å²) in [6.45, 7) is 5.98. The minimum Gasteiger partial charge on any atom is -0.481 e. The van der Waals surface area contributed by atoms with Gasteiger partial charge in [-0.1, -0.05) is 20.8 Å². The number of carboxylic acid groups (broad SMARTS) is 1. The van der Waals surface area contributed by atoms with Crippen LogP contribution in [0.4, 0.5) is 0 Å². The Bertz CT molecular complexity index is 566. The molecule has 0 aromatic rings. The molecule has 4 aliphatic carbocycles. The number of carboxylic acids is 1. The maximum Gasteiger partial charge on any atom is 0.303 e. The van der Waals surface area contributed by atoms with Crippen LogP contribution >= 0.6 is 0 Å². The van der Waals surface area contributed by atoms with E-state index in [4.69, 9.17) is 5.11 Å². The van der Waals surface area contributed by atoms with Gasteiger partial charge >= 0.3 is 5.97 Å². The largest absolute Gasteiger partial charge is 0.481 e. The summed E-state index contributed by atoms with van der Waals surface area (Å²) in [6, 6.07) is -0.567. The SMILES string of the molecule is CC(CNC(=O)C(NC(=O)C12CC3CC(CC(C3)C1)C2)C(C)C)CC(=O)O. The zero-order chi connectivity index (χ0) is 19.8. The molecule has 0 saturated heterocycles. The van der Waals surface area contributed by atoms with Gasteiger partial charge in [0, 0.05) is 18.4 Å². The van der Waals surface area contributed by atoms with Crippen LogP contribution in [0.3, 0.4) is 0 Å². The lowest BCUT2D eigenvalue weighted by atomic mass is 9.49. The average molecular weight is 379 g/mol.